The smallest absolute Gasteiger partial charge is 0.316 e. The average Bonchev–Trinajstić information content (AvgIpc) is 3.39. The zero-order valence-electron chi connectivity index (χ0n) is 17.9. The lowest BCUT2D eigenvalue weighted by atomic mass is 10.2. The third-order valence-corrected chi connectivity index (χ3v) is 6.24. The summed E-state index contributed by atoms with van der Waals surface area (Å²) in [5, 5.41) is 21.4. The predicted molar refractivity (Wildman–Crippen MR) is 127 cm³/mol. The van der Waals surface area contributed by atoms with Crippen LogP contribution in [0.25, 0.3) is 22.1 Å². The van der Waals surface area contributed by atoms with E-state index in [9.17, 15) is 9.59 Å². The molecule has 10 nitrogen and oxygen atoms in total. The van der Waals surface area contributed by atoms with Gasteiger partial charge in [0.15, 0.2) is 12.3 Å². The number of allylic oxidation sites excluding steroid dienone is 1. The molecule has 0 aliphatic heterocycles. The Kier molecular flexibility index (Phi) is 7.25. The van der Waals surface area contributed by atoms with Crippen LogP contribution in [0.3, 0.4) is 0 Å². The summed E-state index contributed by atoms with van der Waals surface area (Å²) < 4.78 is 7.04. The van der Waals surface area contributed by atoms with Gasteiger partial charge in [-0.1, -0.05) is 54.3 Å². The molecule has 0 bridgehead atoms. The fourth-order valence-electron chi connectivity index (χ4n) is 3.15. The highest BCUT2D eigenvalue weighted by Crippen LogP contribution is 2.27. The van der Waals surface area contributed by atoms with Gasteiger partial charge in [-0.05, 0) is 12.5 Å². The van der Waals surface area contributed by atoms with E-state index in [0.717, 1.165) is 40.5 Å². The number of ether oxygens (including phenoxy) is 1. The quantitative estimate of drug-likeness (QED) is 0.205. The van der Waals surface area contributed by atoms with Crippen molar-refractivity contribution < 1.29 is 14.3 Å². The molecule has 0 aliphatic rings. The van der Waals surface area contributed by atoms with Crippen molar-refractivity contribution in [3.8, 4) is 0 Å². The van der Waals surface area contributed by atoms with E-state index < -0.39 is 18.5 Å². The summed E-state index contributed by atoms with van der Waals surface area (Å²) in [4.78, 5) is 28.7. The molecule has 3 aromatic heterocycles. The molecule has 0 fully saturated rings. The zero-order valence-corrected chi connectivity index (χ0v) is 19.5. The van der Waals surface area contributed by atoms with Crippen molar-refractivity contribution in [2.75, 3.05) is 17.7 Å². The van der Waals surface area contributed by atoms with Crippen LogP contribution in [0.15, 0.2) is 42.1 Å². The fourth-order valence-corrected chi connectivity index (χ4v) is 4.59. The minimum atomic E-state index is -0.561. The van der Waals surface area contributed by atoms with Crippen LogP contribution in [0.1, 0.15) is 18.4 Å². The van der Waals surface area contributed by atoms with E-state index in [1.165, 1.54) is 11.3 Å². The minimum Gasteiger partial charge on any atom is -0.455 e. The van der Waals surface area contributed by atoms with Crippen molar-refractivity contribution in [2.45, 2.75) is 31.5 Å². The molecule has 4 rings (SSSR count). The molecule has 0 saturated heterocycles. The van der Waals surface area contributed by atoms with Gasteiger partial charge in [-0.15, -0.1) is 27.0 Å². The summed E-state index contributed by atoms with van der Waals surface area (Å²) in [5.74, 6) is -1.09. The lowest BCUT2D eigenvalue weighted by molar-refractivity contribution is -0.144. The van der Waals surface area contributed by atoms with E-state index in [1.807, 2.05) is 35.8 Å². The summed E-state index contributed by atoms with van der Waals surface area (Å²) in [7, 11) is 0. The van der Waals surface area contributed by atoms with Gasteiger partial charge in [0.25, 0.3) is 5.91 Å². The molecule has 1 amide bonds. The Bertz CT molecular complexity index is 1320. The number of aromatic nitrogens is 6. The van der Waals surface area contributed by atoms with Gasteiger partial charge >= 0.3 is 5.97 Å². The molecule has 170 valence electrons. The maximum Gasteiger partial charge on any atom is 0.316 e. The molecular formula is C21H21N7O3S2. The predicted octanol–water partition coefficient (Wildman–Crippen LogP) is 3.24. The standard InChI is InChI=1S/C21H21N7O3S2/c1-3-7-16-24-27-21(33-16)22-15(29)11-31-17(30)12-32-20-23-19-18(25-26-20)13-8-5-6-9-14(13)28(19)10-4-2/h4-6,8-9H,2-3,7,10-12H2,1H3,(H,22,27,29). The fraction of sp³-hybridized carbons (Fsp3) is 0.286. The number of benzene rings is 1. The molecule has 0 saturated carbocycles. The Balaban J connectivity index is 1.34. The van der Waals surface area contributed by atoms with Crippen LogP contribution in [-0.2, 0) is 27.3 Å². The number of hydrogen-bond acceptors (Lipinski definition) is 10. The second-order valence-corrected chi connectivity index (χ2v) is 8.94. The van der Waals surface area contributed by atoms with Gasteiger partial charge in [0.1, 0.15) is 10.5 Å². The number of anilines is 1. The van der Waals surface area contributed by atoms with Crippen LogP contribution in [0.4, 0.5) is 5.13 Å². The van der Waals surface area contributed by atoms with Gasteiger partial charge in [0.05, 0.1) is 11.3 Å². The van der Waals surface area contributed by atoms with Crippen LogP contribution >= 0.6 is 23.1 Å². The van der Waals surface area contributed by atoms with Gasteiger partial charge in [0.2, 0.25) is 10.3 Å². The lowest BCUT2D eigenvalue weighted by Gasteiger charge is -2.05. The van der Waals surface area contributed by atoms with Crippen molar-refractivity contribution >= 4 is 62.2 Å². The number of amides is 1. The number of thioether (sulfide) groups is 1. The molecule has 0 aliphatic carbocycles. The summed E-state index contributed by atoms with van der Waals surface area (Å²) in [6.45, 7) is 6.01. The van der Waals surface area contributed by atoms with E-state index in [1.54, 1.807) is 6.08 Å². The summed E-state index contributed by atoms with van der Waals surface area (Å²) >= 11 is 2.40. The Hall–Kier alpha value is -3.38. The van der Waals surface area contributed by atoms with E-state index in [-0.39, 0.29) is 5.75 Å². The van der Waals surface area contributed by atoms with Crippen LogP contribution in [0.5, 0.6) is 0 Å². The normalized spacial score (nSPS) is 11.1. The maximum atomic E-state index is 12.1. The molecule has 3 heterocycles. The number of esters is 1. The third kappa shape index (κ3) is 5.34. The first-order valence-corrected chi connectivity index (χ1v) is 12.0. The Labute approximate surface area is 197 Å². The van der Waals surface area contributed by atoms with Crippen molar-refractivity contribution in [2.24, 2.45) is 0 Å². The number of nitrogens with one attached hydrogen (secondary N) is 1. The molecular weight excluding hydrogens is 462 g/mol. The van der Waals surface area contributed by atoms with Gasteiger partial charge in [-0.2, -0.15) is 0 Å². The highest BCUT2D eigenvalue weighted by atomic mass is 32.2. The number of carbonyl (C=O) groups excluding carboxylic acids is 2. The average molecular weight is 484 g/mol. The number of nitrogens with zero attached hydrogens (tertiary/aromatic N) is 6. The zero-order chi connectivity index (χ0) is 23.2. The maximum absolute atomic E-state index is 12.1. The Morgan fingerprint density at radius 3 is 2.91 bits per heavy atom. The number of aryl methyl sites for hydroxylation is 1. The van der Waals surface area contributed by atoms with Crippen molar-refractivity contribution in [1.82, 2.24) is 29.9 Å². The van der Waals surface area contributed by atoms with Crippen molar-refractivity contribution in [1.29, 1.82) is 0 Å². The first-order valence-electron chi connectivity index (χ1n) is 10.2. The lowest BCUT2D eigenvalue weighted by Crippen LogP contribution is -2.21. The first kappa shape index (κ1) is 22.8. The molecule has 0 unspecified atom stereocenters. The van der Waals surface area contributed by atoms with Crippen LogP contribution in [0.2, 0.25) is 0 Å². The second kappa shape index (κ2) is 10.5. The van der Waals surface area contributed by atoms with E-state index in [2.05, 4.69) is 37.3 Å². The molecule has 0 spiro atoms. The van der Waals surface area contributed by atoms with Gasteiger partial charge in [0, 0.05) is 18.4 Å². The molecule has 33 heavy (non-hydrogen) atoms. The van der Waals surface area contributed by atoms with E-state index >= 15 is 0 Å². The van der Waals surface area contributed by atoms with E-state index in [4.69, 9.17) is 4.74 Å². The molecule has 12 heteroatoms. The summed E-state index contributed by atoms with van der Waals surface area (Å²) in [5.41, 5.74) is 2.34. The molecule has 0 radical (unpaired) electrons. The van der Waals surface area contributed by atoms with Gasteiger partial charge < -0.3 is 9.30 Å². The Morgan fingerprint density at radius 2 is 2.09 bits per heavy atom. The molecule has 1 N–H and O–H groups in total. The van der Waals surface area contributed by atoms with Crippen LogP contribution in [-0.4, -0.2) is 54.2 Å². The van der Waals surface area contributed by atoms with Gasteiger partial charge in [-0.25, -0.2) is 4.98 Å². The number of rotatable bonds is 10. The van der Waals surface area contributed by atoms with E-state index in [0.29, 0.717) is 28.0 Å². The summed E-state index contributed by atoms with van der Waals surface area (Å²) in [6, 6.07) is 7.84. The van der Waals surface area contributed by atoms with Crippen LogP contribution < -0.4 is 5.32 Å². The first-order chi connectivity index (χ1) is 16.1. The number of hydrogen-bond donors (Lipinski definition) is 1. The summed E-state index contributed by atoms with van der Waals surface area (Å²) in [6.07, 6.45) is 3.53. The largest absolute Gasteiger partial charge is 0.455 e. The van der Waals surface area contributed by atoms with Crippen LogP contribution in [0, 0.1) is 0 Å². The highest BCUT2D eigenvalue weighted by molar-refractivity contribution is 7.99. The van der Waals surface area contributed by atoms with Crippen molar-refractivity contribution in [3.05, 3.63) is 41.9 Å². The number of carbonyl (C=O) groups is 2. The SMILES string of the molecule is C=CCn1c2ccccc2c2nnc(SCC(=O)OCC(=O)Nc3nnc(CCC)s3)nc21. The highest BCUT2D eigenvalue weighted by Gasteiger charge is 2.16. The molecule has 0 atom stereocenters. The minimum absolute atomic E-state index is 0.0540. The molecule has 1 aromatic carbocycles. The topological polar surface area (TPSA) is 125 Å². The van der Waals surface area contributed by atoms with Crippen molar-refractivity contribution in [3.63, 3.8) is 0 Å². The number of para-hydroxylation sites is 1. The van der Waals surface area contributed by atoms with Gasteiger partial charge in [-0.3, -0.25) is 14.9 Å². The third-order valence-electron chi connectivity index (χ3n) is 4.53. The number of fused-ring (bicyclic) bond motifs is 3. The molecule has 4 aromatic rings. The monoisotopic (exact) mass is 483 g/mol. The Morgan fingerprint density at radius 1 is 1.24 bits per heavy atom. The second-order valence-electron chi connectivity index (χ2n) is 6.93.